The zero-order valence-corrected chi connectivity index (χ0v) is 16.2. The topological polar surface area (TPSA) is 80.3 Å². The summed E-state index contributed by atoms with van der Waals surface area (Å²) in [6, 6.07) is 9.58. The van der Waals surface area contributed by atoms with Crippen molar-refractivity contribution < 1.29 is 14.3 Å². The maximum Gasteiger partial charge on any atom is 0.253 e. The predicted molar refractivity (Wildman–Crippen MR) is 108 cm³/mol. The van der Waals surface area contributed by atoms with E-state index < -0.39 is 0 Å². The summed E-state index contributed by atoms with van der Waals surface area (Å²) in [7, 11) is 1.63. The highest BCUT2D eigenvalue weighted by Gasteiger charge is 2.17. The van der Waals surface area contributed by atoms with E-state index in [-0.39, 0.29) is 17.9 Å². The summed E-state index contributed by atoms with van der Waals surface area (Å²) < 4.78 is 5.21. The number of rotatable bonds is 7. The van der Waals surface area contributed by atoms with Crippen LogP contribution < -0.4 is 15.4 Å². The van der Waals surface area contributed by atoms with E-state index in [0.29, 0.717) is 24.1 Å². The molecule has 1 aliphatic carbocycles. The number of hydrogen-bond donors (Lipinski definition) is 2. The molecule has 1 fully saturated rings. The maximum atomic E-state index is 12.5. The Morgan fingerprint density at radius 1 is 1.07 bits per heavy atom. The number of ether oxygens (including phenoxy) is 1. The minimum absolute atomic E-state index is 0.162. The molecule has 148 valence electrons. The van der Waals surface area contributed by atoms with Crippen LogP contribution in [0.25, 0.3) is 0 Å². The normalized spacial score (nSPS) is 14.3. The number of nitrogens with zero attached hydrogens (tertiary/aromatic N) is 1. The molecular weight excluding hydrogens is 354 g/mol. The number of pyridine rings is 1. The molecule has 2 aromatic rings. The molecule has 0 spiro atoms. The SMILES string of the molecule is COc1cccc(CCNC(=O)c2cncc(C(=O)NC3CCCCC3)c2)c1. The van der Waals surface area contributed by atoms with Gasteiger partial charge in [0.25, 0.3) is 11.8 Å². The second-order valence-corrected chi connectivity index (χ2v) is 7.13. The molecule has 0 aliphatic heterocycles. The lowest BCUT2D eigenvalue weighted by atomic mass is 9.95. The summed E-state index contributed by atoms with van der Waals surface area (Å²) in [6.07, 6.45) is 9.26. The molecule has 3 rings (SSSR count). The molecule has 0 bridgehead atoms. The third-order valence-corrected chi connectivity index (χ3v) is 5.04. The molecule has 0 radical (unpaired) electrons. The van der Waals surface area contributed by atoms with Crippen LogP contribution in [0.5, 0.6) is 5.75 Å². The molecule has 28 heavy (non-hydrogen) atoms. The molecule has 0 saturated heterocycles. The van der Waals surface area contributed by atoms with Gasteiger partial charge in [0, 0.05) is 25.0 Å². The Morgan fingerprint density at radius 2 is 1.82 bits per heavy atom. The zero-order chi connectivity index (χ0) is 19.8. The van der Waals surface area contributed by atoms with Crippen LogP contribution in [0.15, 0.2) is 42.7 Å². The number of aromatic nitrogens is 1. The number of carbonyl (C=O) groups excluding carboxylic acids is 2. The summed E-state index contributed by atoms with van der Waals surface area (Å²) in [5, 5.41) is 5.94. The second-order valence-electron chi connectivity index (χ2n) is 7.13. The molecular formula is C22H27N3O3. The summed E-state index contributed by atoms with van der Waals surface area (Å²) >= 11 is 0. The van der Waals surface area contributed by atoms with Gasteiger partial charge in [0.2, 0.25) is 0 Å². The van der Waals surface area contributed by atoms with E-state index in [2.05, 4.69) is 15.6 Å². The predicted octanol–water partition coefficient (Wildman–Crippen LogP) is 3.13. The van der Waals surface area contributed by atoms with Gasteiger partial charge < -0.3 is 15.4 Å². The van der Waals surface area contributed by atoms with E-state index in [1.54, 1.807) is 13.2 Å². The van der Waals surface area contributed by atoms with E-state index >= 15 is 0 Å². The molecule has 1 aliphatic rings. The highest BCUT2D eigenvalue weighted by Crippen LogP contribution is 2.18. The average Bonchev–Trinajstić information content (AvgIpc) is 2.74. The van der Waals surface area contributed by atoms with Crippen LogP contribution >= 0.6 is 0 Å². The van der Waals surface area contributed by atoms with Gasteiger partial charge in [0.05, 0.1) is 18.2 Å². The summed E-state index contributed by atoms with van der Waals surface area (Å²) in [5.41, 5.74) is 1.89. The monoisotopic (exact) mass is 381 g/mol. The van der Waals surface area contributed by atoms with Crippen molar-refractivity contribution in [2.75, 3.05) is 13.7 Å². The third-order valence-electron chi connectivity index (χ3n) is 5.04. The summed E-state index contributed by atoms with van der Waals surface area (Å²) in [6.45, 7) is 0.491. The minimum Gasteiger partial charge on any atom is -0.497 e. The lowest BCUT2D eigenvalue weighted by Gasteiger charge is -2.22. The molecule has 1 aromatic heterocycles. The largest absolute Gasteiger partial charge is 0.497 e. The number of benzene rings is 1. The van der Waals surface area contributed by atoms with Gasteiger partial charge in [-0.25, -0.2) is 0 Å². The van der Waals surface area contributed by atoms with Gasteiger partial charge in [-0.05, 0) is 43.0 Å². The highest BCUT2D eigenvalue weighted by atomic mass is 16.5. The first-order valence-electron chi connectivity index (χ1n) is 9.83. The van der Waals surface area contributed by atoms with E-state index in [1.807, 2.05) is 24.3 Å². The van der Waals surface area contributed by atoms with Gasteiger partial charge in [-0.2, -0.15) is 0 Å². The van der Waals surface area contributed by atoms with Gasteiger partial charge in [-0.1, -0.05) is 31.4 Å². The summed E-state index contributed by atoms with van der Waals surface area (Å²) in [4.78, 5) is 28.9. The van der Waals surface area contributed by atoms with Crippen molar-refractivity contribution in [2.24, 2.45) is 0 Å². The average molecular weight is 381 g/mol. The molecule has 1 heterocycles. The number of nitrogens with one attached hydrogen (secondary N) is 2. The van der Waals surface area contributed by atoms with E-state index in [4.69, 9.17) is 4.74 Å². The lowest BCUT2D eigenvalue weighted by molar-refractivity contribution is 0.0927. The fourth-order valence-electron chi connectivity index (χ4n) is 3.45. The molecule has 2 amide bonds. The Kier molecular flexibility index (Phi) is 7.00. The van der Waals surface area contributed by atoms with Crippen LogP contribution in [0.3, 0.4) is 0 Å². The van der Waals surface area contributed by atoms with Gasteiger partial charge in [-0.15, -0.1) is 0 Å². The molecule has 0 atom stereocenters. The highest BCUT2D eigenvalue weighted by molar-refractivity contribution is 5.99. The van der Waals surface area contributed by atoms with E-state index in [9.17, 15) is 9.59 Å². The van der Waals surface area contributed by atoms with Crippen LogP contribution in [0.2, 0.25) is 0 Å². The molecule has 6 nitrogen and oxygen atoms in total. The standard InChI is InChI=1S/C22H27N3O3/c1-28-20-9-5-6-16(12-20)10-11-24-21(26)17-13-18(15-23-14-17)22(27)25-19-7-3-2-4-8-19/h5-6,9,12-15,19H,2-4,7-8,10-11H2,1H3,(H,24,26)(H,25,27). The zero-order valence-electron chi connectivity index (χ0n) is 16.2. The number of amides is 2. The van der Waals surface area contributed by atoms with Crippen molar-refractivity contribution in [3.8, 4) is 5.75 Å². The van der Waals surface area contributed by atoms with Gasteiger partial charge in [0.15, 0.2) is 0 Å². The molecule has 0 unspecified atom stereocenters. The Labute approximate surface area is 165 Å². The minimum atomic E-state index is -0.234. The van der Waals surface area contributed by atoms with Crippen LogP contribution in [0.1, 0.15) is 58.4 Å². The maximum absolute atomic E-state index is 12.5. The van der Waals surface area contributed by atoms with Gasteiger partial charge in [0.1, 0.15) is 5.75 Å². The second kappa shape index (κ2) is 9.88. The van der Waals surface area contributed by atoms with Crippen LogP contribution in [0, 0.1) is 0 Å². The van der Waals surface area contributed by atoms with Gasteiger partial charge in [-0.3, -0.25) is 14.6 Å². The van der Waals surface area contributed by atoms with Crippen LogP contribution in [0.4, 0.5) is 0 Å². The number of hydrogen-bond acceptors (Lipinski definition) is 4. The Bertz CT molecular complexity index is 816. The first-order chi connectivity index (χ1) is 13.7. The van der Waals surface area contributed by atoms with Crippen molar-refractivity contribution in [3.63, 3.8) is 0 Å². The van der Waals surface area contributed by atoms with Crippen molar-refractivity contribution in [2.45, 2.75) is 44.6 Å². The van der Waals surface area contributed by atoms with Crippen molar-refractivity contribution in [1.29, 1.82) is 0 Å². The number of methoxy groups -OCH3 is 1. The van der Waals surface area contributed by atoms with Crippen LogP contribution in [-0.4, -0.2) is 36.5 Å². The molecule has 1 saturated carbocycles. The first kappa shape index (κ1) is 19.9. The lowest BCUT2D eigenvalue weighted by Crippen LogP contribution is -2.36. The fraction of sp³-hybridized carbons (Fsp3) is 0.409. The molecule has 1 aromatic carbocycles. The first-order valence-corrected chi connectivity index (χ1v) is 9.83. The third kappa shape index (κ3) is 5.55. The van der Waals surface area contributed by atoms with Crippen molar-refractivity contribution >= 4 is 11.8 Å². The van der Waals surface area contributed by atoms with Gasteiger partial charge >= 0.3 is 0 Å². The van der Waals surface area contributed by atoms with Crippen molar-refractivity contribution in [1.82, 2.24) is 15.6 Å². The van der Waals surface area contributed by atoms with E-state index in [1.165, 1.54) is 18.8 Å². The summed E-state index contributed by atoms with van der Waals surface area (Å²) in [5.74, 6) is 0.401. The Morgan fingerprint density at radius 3 is 2.57 bits per heavy atom. The number of carbonyl (C=O) groups is 2. The molecule has 2 N–H and O–H groups in total. The Balaban J connectivity index is 1.53. The van der Waals surface area contributed by atoms with Crippen molar-refractivity contribution in [3.05, 3.63) is 59.4 Å². The molecule has 6 heteroatoms. The fourth-order valence-corrected chi connectivity index (χ4v) is 3.45. The smallest absolute Gasteiger partial charge is 0.253 e. The Hall–Kier alpha value is -2.89. The quantitative estimate of drug-likeness (QED) is 0.772. The van der Waals surface area contributed by atoms with Crippen LogP contribution in [-0.2, 0) is 6.42 Å². The van der Waals surface area contributed by atoms with E-state index in [0.717, 1.165) is 37.0 Å².